The number of rotatable bonds is 4. The van der Waals surface area contributed by atoms with Gasteiger partial charge in [-0.3, -0.25) is 4.79 Å². The fourth-order valence-electron chi connectivity index (χ4n) is 1.38. The highest BCUT2D eigenvalue weighted by Crippen LogP contribution is 2.29. The molecule has 1 aromatic carbocycles. The zero-order chi connectivity index (χ0) is 15.5. The summed E-state index contributed by atoms with van der Waals surface area (Å²) in [6, 6.07) is 3.29. The second-order valence-corrected chi connectivity index (χ2v) is 5.76. The van der Waals surface area contributed by atoms with Crippen molar-refractivity contribution in [1.82, 2.24) is 0 Å². The predicted molar refractivity (Wildman–Crippen MR) is 74.1 cm³/mol. The maximum atomic E-state index is 12.1. The standard InChI is InChI=1S/C13H17ClF2N2O2/c1-13(2,3)10(17)11(19)18-7-4-5-9(8(14)6-7)20-12(15)16/h4-6,10,12H,17H2,1-3H3,(H,18,19)/t10-/m0/s1. The molecule has 0 saturated carbocycles. The van der Waals surface area contributed by atoms with Crippen LogP contribution < -0.4 is 15.8 Å². The SMILES string of the molecule is CC(C)(C)[C@@H](N)C(=O)Nc1ccc(OC(F)F)c(Cl)c1. The number of nitrogens with one attached hydrogen (secondary N) is 1. The van der Waals surface area contributed by atoms with Gasteiger partial charge >= 0.3 is 6.61 Å². The van der Waals surface area contributed by atoms with Gasteiger partial charge in [0.05, 0.1) is 11.1 Å². The van der Waals surface area contributed by atoms with Gasteiger partial charge in [0.15, 0.2) is 0 Å². The third kappa shape index (κ3) is 4.61. The zero-order valence-electron chi connectivity index (χ0n) is 11.4. The van der Waals surface area contributed by atoms with Gasteiger partial charge in [-0.15, -0.1) is 0 Å². The van der Waals surface area contributed by atoms with Crippen LogP contribution in [0.4, 0.5) is 14.5 Å². The van der Waals surface area contributed by atoms with E-state index in [0.717, 1.165) is 0 Å². The van der Waals surface area contributed by atoms with Crippen LogP contribution in [0.15, 0.2) is 18.2 Å². The van der Waals surface area contributed by atoms with E-state index in [-0.39, 0.29) is 16.7 Å². The van der Waals surface area contributed by atoms with Crippen molar-refractivity contribution in [1.29, 1.82) is 0 Å². The van der Waals surface area contributed by atoms with Crippen molar-refractivity contribution in [2.75, 3.05) is 5.32 Å². The number of carbonyl (C=O) groups is 1. The van der Waals surface area contributed by atoms with Gasteiger partial charge in [0.2, 0.25) is 5.91 Å². The highest BCUT2D eigenvalue weighted by Gasteiger charge is 2.27. The van der Waals surface area contributed by atoms with Crippen LogP contribution in [0.5, 0.6) is 5.75 Å². The number of anilines is 1. The van der Waals surface area contributed by atoms with E-state index < -0.39 is 18.1 Å². The Hall–Kier alpha value is -1.40. The van der Waals surface area contributed by atoms with Crippen molar-refractivity contribution >= 4 is 23.2 Å². The second kappa shape index (κ2) is 6.37. The van der Waals surface area contributed by atoms with Crippen molar-refractivity contribution in [3.63, 3.8) is 0 Å². The Bertz CT molecular complexity index is 490. The van der Waals surface area contributed by atoms with Crippen LogP contribution in [-0.4, -0.2) is 18.6 Å². The number of carbonyl (C=O) groups excluding carboxylic acids is 1. The predicted octanol–water partition coefficient (Wildman–Crippen LogP) is 3.25. The molecule has 1 aromatic rings. The van der Waals surface area contributed by atoms with Gasteiger partial charge in [-0.1, -0.05) is 32.4 Å². The first-order chi connectivity index (χ1) is 9.11. The Kier molecular flexibility index (Phi) is 5.30. The van der Waals surface area contributed by atoms with E-state index in [1.54, 1.807) is 0 Å². The highest BCUT2D eigenvalue weighted by molar-refractivity contribution is 6.32. The minimum Gasteiger partial charge on any atom is -0.433 e. The number of nitrogens with two attached hydrogens (primary N) is 1. The molecule has 112 valence electrons. The molecule has 1 amide bonds. The molecule has 4 nitrogen and oxygen atoms in total. The van der Waals surface area contributed by atoms with Crippen molar-refractivity contribution in [2.24, 2.45) is 11.1 Å². The number of hydrogen-bond donors (Lipinski definition) is 2. The van der Waals surface area contributed by atoms with Crippen LogP contribution in [-0.2, 0) is 4.79 Å². The Morgan fingerprint density at radius 2 is 2.00 bits per heavy atom. The van der Waals surface area contributed by atoms with Crippen molar-refractivity contribution in [3.8, 4) is 5.75 Å². The summed E-state index contributed by atoms with van der Waals surface area (Å²) in [7, 11) is 0. The molecule has 0 spiro atoms. The van der Waals surface area contributed by atoms with E-state index in [0.29, 0.717) is 5.69 Å². The van der Waals surface area contributed by atoms with Gasteiger partial charge in [0, 0.05) is 5.69 Å². The molecule has 0 aromatic heterocycles. The maximum absolute atomic E-state index is 12.1. The lowest BCUT2D eigenvalue weighted by Gasteiger charge is -2.25. The molecular weight excluding hydrogens is 290 g/mol. The fraction of sp³-hybridized carbons (Fsp3) is 0.462. The van der Waals surface area contributed by atoms with Crippen LogP contribution in [0, 0.1) is 5.41 Å². The minimum atomic E-state index is -2.96. The Balaban J connectivity index is 2.80. The van der Waals surface area contributed by atoms with E-state index in [2.05, 4.69) is 10.1 Å². The summed E-state index contributed by atoms with van der Waals surface area (Å²) in [6.07, 6.45) is 0. The highest BCUT2D eigenvalue weighted by atomic mass is 35.5. The van der Waals surface area contributed by atoms with E-state index in [4.69, 9.17) is 17.3 Å². The molecule has 1 rings (SSSR count). The summed E-state index contributed by atoms with van der Waals surface area (Å²) in [5.74, 6) is -0.532. The van der Waals surface area contributed by atoms with Crippen molar-refractivity contribution in [2.45, 2.75) is 33.4 Å². The van der Waals surface area contributed by atoms with E-state index in [1.165, 1.54) is 18.2 Å². The number of ether oxygens (including phenoxy) is 1. The number of amides is 1. The van der Waals surface area contributed by atoms with Crippen molar-refractivity contribution in [3.05, 3.63) is 23.2 Å². The number of hydrogen-bond acceptors (Lipinski definition) is 3. The smallest absolute Gasteiger partial charge is 0.387 e. The van der Waals surface area contributed by atoms with Crippen molar-refractivity contribution < 1.29 is 18.3 Å². The monoisotopic (exact) mass is 306 g/mol. The maximum Gasteiger partial charge on any atom is 0.387 e. The van der Waals surface area contributed by atoms with Gasteiger partial charge in [-0.05, 0) is 23.6 Å². The quantitative estimate of drug-likeness (QED) is 0.897. The van der Waals surface area contributed by atoms with Gasteiger partial charge < -0.3 is 15.8 Å². The molecule has 0 bridgehead atoms. The second-order valence-electron chi connectivity index (χ2n) is 5.36. The van der Waals surface area contributed by atoms with E-state index >= 15 is 0 Å². The molecule has 0 saturated heterocycles. The third-order valence-electron chi connectivity index (χ3n) is 2.63. The topological polar surface area (TPSA) is 64.4 Å². The summed E-state index contributed by atoms with van der Waals surface area (Å²) in [6.45, 7) is 2.56. The molecule has 0 fully saturated rings. The molecule has 0 aliphatic heterocycles. The largest absolute Gasteiger partial charge is 0.433 e. The lowest BCUT2D eigenvalue weighted by atomic mass is 9.87. The average Bonchev–Trinajstić information content (AvgIpc) is 2.30. The minimum absolute atomic E-state index is 0.0209. The van der Waals surface area contributed by atoms with Gasteiger partial charge in [-0.2, -0.15) is 8.78 Å². The summed E-state index contributed by atoms with van der Waals surface area (Å²) < 4.78 is 28.4. The van der Waals surface area contributed by atoms with E-state index in [9.17, 15) is 13.6 Å². The van der Waals surface area contributed by atoms with Crippen LogP contribution in [0.3, 0.4) is 0 Å². The molecule has 7 heteroatoms. The summed E-state index contributed by atoms with van der Waals surface area (Å²) in [4.78, 5) is 11.9. The fourth-order valence-corrected chi connectivity index (χ4v) is 1.61. The Morgan fingerprint density at radius 3 is 2.45 bits per heavy atom. The van der Waals surface area contributed by atoms with Crippen LogP contribution in [0.1, 0.15) is 20.8 Å². The lowest BCUT2D eigenvalue weighted by Crippen LogP contribution is -2.45. The first-order valence-electron chi connectivity index (χ1n) is 5.92. The molecule has 3 N–H and O–H groups in total. The molecular formula is C13H17ClF2N2O2. The Morgan fingerprint density at radius 1 is 1.40 bits per heavy atom. The van der Waals surface area contributed by atoms with E-state index in [1.807, 2.05) is 20.8 Å². The Labute approximate surface area is 121 Å². The molecule has 0 heterocycles. The third-order valence-corrected chi connectivity index (χ3v) is 2.93. The van der Waals surface area contributed by atoms with Gasteiger partial charge in [-0.25, -0.2) is 0 Å². The van der Waals surface area contributed by atoms with Crippen LogP contribution in [0.2, 0.25) is 5.02 Å². The average molecular weight is 307 g/mol. The lowest BCUT2D eigenvalue weighted by molar-refractivity contribution is -0.119. The summed E-state index contributed by atoms with van der Waals surface area (Å²) in [5, 5.41) is 2.56. The number of benzene rings is 1. The molecule has 0 unspecified atom stereocenters. The molecule has 0 aliphatic rings. The first-order valence-corrected chi connectivity index (χ1v) is 6.30. The molecule has 20 heavy (non-hydrogen) atoms. The number of halogens is 3. The van der Waals surface area contributed by atoms with Gasteiger partial charge in [0.1, 0.15) is 5.75 Å². The zero-order valence-corrected chi connectivity index (χ0v) is 12.2. The van der Waals surface area contributed by atoms with Gasteiger partial charge in [0.25, 0.3) is 0 Å². The van der Waals surface area contributed by atoms with Crippen LogP contribution >= 0.6 is 11.6 Å². The normalized spacial score (nSPS) is 13.2. The van der Waals surface area contributed by atoms with Crippen LogP contribution in [0.25, 0.3) is 0 Å². The number of alkyl halides is 2. The molecule has 1 atom stereocenters. The first kappa shape index (κ1) is 16.7. The molecule has 0 aliphatic carbocycles. The summed E-state index contributed by atoms with van der Waals surface area (Å²) >= 11 is 5.79. The molecule has 0 radical (unpaired) electrons. The summed E-state index contributed by atoms with van der Waals surface area (Å²) in [5.41, 5.74) is 5.77.